The maximum absolute atomic E-state index is 12.2. The van der Waals surface area contributed by atoms with Crippen LogP contribution in [0.4, 0.5) is 0 Å². The molecule has 1 saturated heterocycles. The van der Waals surface area contributed by atoms with Crippen LogP contribution in [0.3, 0.4) is 0 Å². The second kappa shape index (κ2) is 4.11. The maximum atomic E-state index is 12.2. The Morgan fingerprint density at radius 1 is 1.65 bits per heavy atom. The van der Waals surface area contributed by atoms with Crippen LogP contribution in [0.15, 0.2) is 11.2 Å². The van der Waals surface area contributed by atoms with E-state index in [-0.39, 0.29) is 11.6 Å². The topological polar surface area (TPSA) is 103 Å². The first kappa shape index (κ1) is 12.1. The van der Waals surface area contributed by atoms with E-state index < -0.39 is 22.0 Å². The molecule has 17 heavy (non-hydrogen) atoms. The average molecular weight is 259 g/mol. The number of hydrogen-bond donors (Lipinski definition) is 2. The van der Waals surface area contributed by atoms with E-state index in [0.717, 1.165) is 4.31 Å². The van der Waals surface area contributed by atoms with E-state index in [1.807, 2.05) is 0 Å². The van der Waals surface area contributed by atoms with E-state index in [1.54, 1.807) is 6.92 Å². The van der Waals surface area contributed by atoms with E-state index in [9.17, 15) is 13.2 Å². The van der Waals surface area contributed by atoms with Crippen molar-refractivity contribution < 1.29 is 18.3 Å². The largest absolute Gasteiger partial charge is 0.480 e. The van der Waals surface area contributed by atoms with Crippen molar-refractivity contribution in [3.63, 3.8) is 0 Å². The summed E-state index contributed by atoms with van der Waals surface area (Å²) in [5, 5.41) is 8.91. The Hall–Kier alpha value is -1.41. The van der Waals surface area contributed by atoms with Crippen LogP contribution in [0.2, 0.25) is 0 Å². The number of nitrogens with zero attached hydrogens (tertiary/aromatic N) is 2. The van der Waals surface area contributed by atoms with Gasteiger partial charge in [0.25, 0.3) is 10.0 Å². The van der Waals surface area contributed by atoms with Gasteiger partial charge < -0.3 is 10.1 Å². The van der Waals surface area contributed by atoms with Gasteiger partial charge in [-0.1, -0.05) is 0 Å². The highest BCUT2D eigenvalue weighted by Crippen LogP contribution is 2.25. The molecule has 0 spiro atoms. The molecule has 1 aromatic rings. The highest BCUT2D eigenvalue weighted by Gasteiger charge is 2.40. The van der Waals surface area contributed by atoms with Gasteiger partial charge in [0, 0.05) is 6.54 Å². The summed E-state index contributed by atoms with van der Waals surface area (Å²) >= 11 is 0. The number of aryl methyl sites for hydroxylation is 1. The number of carboxylic acids is 1. The van der Waals surface area contributed by atoms with Gasteiger partial charge in [-0.15, -0.1) is 0 Å². The Morgan fingerprint density at radius 3 is 2.88 bits per heavy atom. The molecule has 0 aromatic carbocycles. The summed E-state index contributed by atoms with van der Waals surface area (Å²) < 4.78 is 25.3. The average Bonchev–Trinajstić information content (AvgIpc) is 2.84. The Morgan fingerprint density at radius 2 is 2.35 bits per heavy atom. The van der Waals surface area contributed by atoms with Crippen LogP contribution < -0.4 is 0 Å². The smallest absolute Gasteiger partial charge is 0.322 e. The summed E-state index contributed by atoms with van der Waals surface area (Å²) in [6.07, 6.45) is 2.12. The first-order valence-electron chi connectivity index (χ1n) is 5.19. The molecule has 0 amide bonds. The zero-order chi connectivity index (χ0) is 12.6. The number of rotatable bonds is 3. The fourth-order valence-corrected chi connectivity index (χ4v) is 3.55. The predicted molar refractivity (Wildman–Crippen MR) is 57.9 cm³/mol. The molecular weight excluding hydrogens is 246 g/mol. The number of carbonyl (C=O) groups is 1. The predicted octanol–water partition coefficient (Wildman–Crippen LogP) is -0.0442. The second-order valence-electron chi connectivity index (χ2n) is 3.94. The van der Waals surface area contributed by atoms with Crippen molar-refractivity contribution in [3.05, 3.63) is 12.0 Å². The number of aliphatic carboxylic acids is 1. The number of carboxylic acid groups (broad SMARTS) is 1. The minimum atomic E-state index is -3.78. The zero-order valence-corrected chi connectivity index (χ0v) is 10.1. The van der Waals surface area contributed by atoms with Crippen molar-refractivity contribution in [3.8, 4) is 0 Å². The number of aromatic amines is 1. The second-order valence-corrected chi connectivity index (χ2v) is 5.80. The molecule has 7 nitrogen and oxygen atoms in total. The minimum Gasteiger partial charge on any atom is -0.480 e. The third-order valence-corrected chi connectivity index (χ3v) is 4.57. The van der Waals surface area contributed by atoms with Crippen LogP contribution in [0.5, 0.6) is 0 Å². The van der Waals surface area contributed by atoms with E-state index in [4.69, 9.17) is 5.11 Å². The number of imidazole rings is 1. The molecule has 94 valence electrons. The number of H-pyrrole nitrogens is 1. The van der Waals surface area contributed by atoms with Gasteiger partial charge >= 0.3 is 5.97 Å². The standard InChI is InChI=1S/C9H13N3O4S/c1-6-10-5-8(11-6)17(15,16)12-4-2-3-7(12)9(13)14/h5,7H,2-4H2,1H3,(H,10,11)(H,13,14)/t7-/m1/s1. The lowest BCUT2D eigenvalue weighted by molar-refractivity contribution is -0.140. The summed E-state index contributed by atoms with van der Waals surface area (Å²) in [5.41, 5.74) is 0. The lowest BCUT2D eigenvalue weighted by atomic mass is 10.2. The van der Waals surface area contributed by atoms with Crippen molar-refractivity contribution >= 4 is 16.0 Å². The van der Waals surface area contributed by atoms with E-state index >= 15 is 0 Å². The van der Waals surface area contributed by atoms with Crippen LogP contribution in [0.1, 0.15) is 18.7 Å². The van der Waals surface area contributed by atoms with Crippen molar-refractivity contribution in [1.82, 2.24) is 14.3 Å². The van der Waals surface area contributed by atoms with Gasteiger partial charge in [-0.2, -0.15) is 4.31 Å². The molecule has 1 aliphatic rings. The molecule has 2 heterocycles. The fraction of sp³-hybridized carbons (Fsp3) is 0.556. The quantitative estimate of drug-likeness (QED) is 0.792. The molecule has 0 bridgehead atoms. The monoisotopic (exact) mass is 259 g/mol. The minimum absolute atomic E-state index is 0.0526. The van der Waals surface area contributed by atoms with Crippen molar-refractivity contribution in [2.24, 2.45) is 0 Å². The number of hydrogen-bond acceptors (Lipinski definition) is 4. The Balaban J connectivity index is 2.36. The van der Waals surface area contributed by atoms with Crippen LogP contribution in [-0.4, -0.2) is 46.4 Å². The number of sulfonamides is 1. The summed E-state index contributed by atoms with van der Waals surface area (Å²) in [4.78, 5) is 17.4. The summed E-state index contributed by atoms with van der Waals surface area (Å²) in [7, 11) is -3.78. The van der Waals surface area contributed by atoms with Crippen molar-refractivity contribution in [1.29, 1.82) is 0 Å². The SMILES string of the molecule is Cc1ncc(S(=O)(=O)N2CCC[C@@H]2C(=O)O)[nH]1. The molecule has 0 aliphatic carbocycles. The molecule has 1 fully saturated rings. The van der Waals surface area contributed by atoms with Crippen LogP contribution in [-0.2, 0) is 14.8 Å². The van der Waals surface area contributed by atoms with Crippen LogP contribution >= 0.6 is 0 Å². The molecule has 0 unspecified atom stereocenters. The van der Waals surface area contributed by atoms with Gasteiger partial charge in [0.05, 0.1) is 6.20 Å². The number of aromatic nitrogens is 2. The van der Waals surface area contributed by atoms with E-state index in [1.165, 1.54) is 6.20 Å². The third-order valence-electron chi connectivity index (χ3n) is 2.75. The molecule has 1 aliphatic heterocycles. The molecular formula is C9H13N3O4S. The summed E-state index contributed by atoms with van der Waals surface area (Å²) in [5.74, 6) is -0.628. The van der Waals surface area contributed by atoms with E-state index in [0.29, 0.717) is 18.7 Å². The summed E-state index contributed by atoms with van der Waals surface area (Å²) in [6.45, 7) is 1.87. The highest BCUT2D eigenvalue weighted by atomic mass is 32.2. The molecule has 8 heteroatoms. The molecule has 2 N–H and O–H groups in total. The van der Waals surface area contributed by atoms with E-state index in [2.05, 4.69) is 9.97 Å². The van der Waals surface area contributed by atoms with Gasteiger partial charge in [0.15, 0.2) is 5.03 Å². The first-order valence-corrected chi connectivity index (χ1v) is 6.63. The molecule has 2 rings (SSSR count). The zero-order valence-electron chi connectivity index (χ0n) is 9.25. The van der Waals surface area contributed by atoms with Crippen LogP contribution in [0.25, 0.3) is 0 Å². The Kier molecular flexibility index (Phi) is 2.92. The Bertz CT molecular complexity index is 536. The molecule has 1 aromatic heterocycles. The Labute approximate surface area is 98.5 Å². The van der Waals surface area contributed by atoms with Gasteiger partial charge in [0.2, 0.25) is 0 Å². The normalized spacial score (nSPS) is 21.8. The summed E-state index contributed by atoms with van der Waals surface area (Å²) in [6, 6.07) is -0.969. The lowest BCUT2D eigenvalue weighted by Crippen LogP contribution is -2.40. The molecule has 0 saturated carbocycles. The van der Waals surface area contributed by atoms with Gasteiger partial charge in [-0.25, -0.2) is 13.4 Å². The van der Waals surface area contributed by atoms with Gasteiger partial charge in [-0.3, -0.25) is 4.79 Å². The molecule has 0 radical (unpaired) electrons. The fourth-order valence-electron chi connectivity index (χ4n) is 1.93. The van der Waals surface area contributed by atoms with Gasteiger partial charge in [0.1, 0.15) is 11.9 Å². The first-order chi connectivity index (χ1) is 7.93. The van der Waals surface area contributed by atoms with Crippen molar-refractivity contribution in [2.75, 3.05) is 6.54 Å². The lowest BCUT2D eigenvalue weighted by Gasteiger charge is -2.19. The van der Waals surface area contributed by atoms with Crippen molar-refractivity contribution in [2.45, 2.75) is 30.8 Å². The third kappa shape index (κ3) is 2.05. The van der Waals surface area contributed by atoms with Crippen LogP contribution in [0, 0.1) is 6.92 Å². The number of nitrogens with one attached hydrogen (secondary N) is 1. The highest BCUT2D eigenvalue weighted by molar-refractivity contribution is 7.89. The van der Waals surface area contributed by atoms with Gasteiger partial charge in [-0.05, 0) is 19.8 Å². The molecule has 1 atom stereocenters. The maximum Gasteiger partial charge on any atom is 0.322 e.